The van der Waals surface area contributed by atoms with Gasteiger partial charge in [0.2, 0.25) is 0 Å². The summed E-state index contributed by atoms with van der Waals surface area (Å²) >= 11 is 3.35. The third kappa shape index (κ3) is 2.70. The largest absolute Gasteiger partial charge is 0.382 e. The molecule has 0 saturated heterocycles. The number of aromatic nitrogens is 2. The van der Waals surface area contributed by atoms with Crippen LogP contribution in [-0.4, -0.2) is 16.3 Å². The van der Waals surface area contributed by atoms with Gasteiger partial charge in [-0.3, -0.25) is 4.79 Å². The third-order valence-electron chi connectivity index (χ3n) is 3.24. The summed E-state index contributed by atoms with van der Waals surface area (Å²) in [4.78, 5) is 12.0. The second-order valence-electron chi connectivity index (χ2n) is 5.38. The van der Waals surface area contributed by atoms with E-state index in [1.165, 1.54) is 17.5 Å². The van der Waals surface area contributed by atoms with Crippen molar-refractivity contribution in [2.45, 2.75) is 39.7 Å². The lowest BCUT2D eigenvalue weighted by Crippen LogP contribution is -2.26. The average molecular weight is 300 g/mol. The molecule has 1 aromatic rings. The van der Waals surface area contributed by atoms with Crippen LogP contribution in [0.4, 0.5) is 5.69 Å². The molecule has 0 aromatic carbocycles. The third-order valence-corrected chi connectivity index (χ3v) is 4.01. The van der Waals surface area contributed by atoms with Crippen LogP contribution in [0.3, 0.4) is 0 Å². The maximum Gasteiger partial charge on any atom is 0.283 e. The highest BCUT2D eigenvalue weighted by Gasteiger charge is 2.36. The van der Waals surface area contributed by atoms with Crippen LogP contribution in [0.25, 0.3) is 0 Å². The van der Waals surface area contributed by atoms with Gasteiger partial charge in [0.05, 0.1) is 17.9 Å². The first-order valence-corrected chi connectivity index (χ1v) is 6.73. The molecule has 5 heteroatoms. The van der Waals surface area contributed by atoms with Crippen molar-refractivity contribution in [3.63, 3.8) is 0 Å². The first-order chi connectivity index (χ1) is 7.93. The summed E-state index contributed by atoms with van der Waals surface area (Å²) in [5, 5.41) is 7.47. The zero-order valence-corrected chi connectivity index (χ0v) is 12.0. The molecule has 0 atom stereocenters. The molecule has 2 rings (SSSR count). The zero-order valence-electron chi connectivity index (χ0n) is 10.5. The van der Waals surface area contributed by atoms with Gasteiger partial charge in [-0.15, -0.1) is 0 Å². The monoisotopic (exact) mass is 299 g/mol. The predicted molar refractivity (Wildman–Crippen MR) is 72.4 cm³/mol. The second-order valence-corrected chi connectivity index (χ2v) is 6.17. The lowest BCUT2D eigenvalue weighted by molar-refractivity contribution is 0.500. The minimum atomic E-state index is -0.0778. The van der Waals surface area contributed by atoms with Crippen molar-refractivity contribution in [2.75, 3.05) is 11.9 Å². The first kappa shape index (κ1) is 12.6. The summed E-state index contributed by atoms with van der Waals surface area (Å²) in [7, 11) is 0. The molecular weight excluding hydrogens is 282 g/mol. The van der Waals surface area contributed by atoms with Crippen molar-refractivity contribution >= 4 is 21.6 Å². The number of hydrogen-bond donors (Lipinski definition) is 1. The van der Waals surface area contributed by atoms with Crippen LogP contribution in [0.5, 0.6) is 0 Å². The standard InChI is InChI=1S/C12H18BrN3O/c1-8(2)16-11(17)10(13)9(6-15-16)14-7-12(3)4-5-12/h6,8,14H,4-5,7H2,1-3H3. The van der Waals surface area contributed by atoms with Gasteiger partial charge in [0.15, 0.2) is 0 Å². The van der Waals surface area contributed by atoms with Crippen molar-refractivity contribution in [1.82, 2.24) is 9.78 Å². The number of hydrogen-bond acceptors (Lipinski definition) is 3. The van der Waals surface area contributed by atoms with Gasteiger partial charge in [-0.1, -0.05) is 6.92 Å². The van der Waals surface area contributed by atoms with E-state index in [-0.39, 0.29) is 11.6 Å². The molecule has 0 amide bonds. The lowest BCUT2D eigenvalue weighted by Gasteiger charge is -2.14. The van der Waals surface area contributed by atoms with Crippen LogP contribution >= 0.6 is 15.9 Å². The van der Waals surface area contributed by atoms with Crippen molar-refractivity contribution in [3.05, 3.63) is 21.0 Å². The molecule has 1 fully saturated rings. The van der Waals surface area contributed by atoms with E-state index in [4.69, 9.17) is 0 Å². The molecule has 0 radical (unpaired) electrons. The molecule has 94 valence electrons. The van der Waals surface area contributed by atoms with Crippen molar-refractivity contribution in [3.8, 4) is 0 Å². The number of anilines is 1. The van der Waals surface area contributed by atoms with Crippen molar-refractivity contribution in [1.29, 1.82) is 0 Å². The zero-order chi connectivity index (χ0) is 12.6. The summed E-state index contributed by atoms with van der Waals surface area (Å²) in [5.74, 6) is 0. The van der Waals surface area contributed by atoms with Gasteiger partial charge in [0.1, 0.15) is 4.47 Å². The lowest BCUT2D eigenvalue weighted by atomic mass is 10.1. The molecule has 1 heterocycles. The quantitative estimate of drug-likeness (QED) is 0.930. The van der Waals surface area contributed by atoms with Crippen molar-refractivity contribution in [2.24, 2.45) is 5.41 Å². The first-order valence-electron chi connectivity index (χ1n) is 5.94. The Morgan fingerprint density at radius 2 is 2.24 bits per heavy atom. The molecule has 17 heavy (non-hydrogen) atoms. The SMILES string of the molecule is CC(C)n1ncc(NCC2(C)CC2)c(Br)c1=O. The minimum Gasteiger partial charge on any atom is -0.382 e. The number of rotatable bonds is 4. The van der Waals surface area contributed by atoms with Crippen LogP contribution in [0, 0.1) is 5.41 Å². The molecule has 1 aliphatic carbocycles. The maximum absolute atomic E-state index is 12.0. The summed E-state index contributed by atoms with van der Waals surface area (Å²) in [6, 6.07) is 0.0776. The van der Waals surface area contributed by atoms with Gasteiger partial charge in [0.25, 0.3) is 5.56 Å². The van der Waals surface area contributed by atoms with Gasteiger partial charge in [0, 0.05) is 6.54 Å². The topological polar surface area (TPSA) is 46.9 Å². The highest BCUT2D eigenvalue weighted by molar-refractivity contribution is 9.10. The van der Waals surface area contributed by atoms with Gasteiger partial charge in [-0.2, -0.15) is 5.10 Å². The summed E-state index contributed by atoms with van der Waals surface area (Å²) in [6.07, 6.45) is 4.24. The van der Waals surface area contributed by atoms with E-state index in [0.29, 0.717) is 9.89 Å². The predicted octanol–water partition coefficient (Wildman–Crippen LogP) is 2.80. The van der Waals surface area contributed by atoms with Crippen LogP contribution in [0.1, 0.15) is 39.7 Å². The number of nitrogens with zero attached hydrogens (tertiary/aromatic N) is 2. The van der Waals surface area contributed by atoms with E-state index in [2.05, 4.69) is 33.3 Å². The molecule has 0 spiro atoms. The van der Waals surface area contributed by atoms with E-state index in [1.54, 1.807) is 6.20 Å². The molecule has 1 aliphatic rings. The van der Waals surface area contributed by atoms with Crippen LogP contribution in [0.2, 0.25) is 0 Å². The summed E-state index contributed by atoms with van der Waals surface area (Å²) in [6.45, 7) is 7.04. The Hall–Kier alpha value is -0.840. The van der Waals surface area contributed by atoms with Gasteiger partial charge >= 0.3 is 0 Å². The molecule has 1 N–H and O–H groups in total. The maximum atomic E-state index is 12.0. The Morgan fingerprint density at radius 3 is 2.76 bits per heavy atom. The Bertz CT molecular complexity index is 477. The molecule has 0 bridgehead atoms. The fourth-order valence-corrected chi connectivity index (χ4v) is 2.06. The van der Waals surface area contributed by atoms with Crippen LogP contribution in [-0.2, 0) is 0 Å². The van der Waals surface area contributed by atoms with Gasteiger partial charge in [-0.25, -0.2) is 4.68 Å². The molecule has 4 nitrogen and oxygen atoms in total. The molecule has 0 unspecified atom stereocenters. The highest BCUT2D eigenvalue weighted by atomic mass is 79.9. The summed E-state index contributed by atoms with van der Waals surface area (Å²) < 4.78 is 2.05. The highest BCUT2D eigenvalue weighted by Crippen LogP contribution is 2.44. The fraction of sp³-hybridized carbons (Fsp3) is 0.667. The normalized spacial score (nSPS) is 17.2. The van der Waals surface area contributed by atoms with E-state index in [0.717, 1.165) is 12.2 Å². The van der Waals surface area contributed by atoms with Crippen molar-refractivity contribution < 1.29 is 0 Å². The molecular formula is C12H18BrN3O. The van der Waals surface area contributed by atoms with E-state index >= 15 is 0 Å². The molecule has 1 aromatic heterocycles. The van der Waals surface area contributed by atoms with Gasteiger partial charge in [-0.05, 0) is 48.0 Å². The van der Waals surface area contributed by atoms with Gasteiger partial charge < -0.3 is 5.32 Å². The molecule has 1 saturated carbocycles. The number of halogens is 1. The van der Waals surface area contributed by atoms with E-state index in [1.807, 2.05) is 13.8 Å². The minimum absolute atomic E-state index is 0.0776. The van der Waals surface area contributed by atoms with Crippen LogP contribution < -0.4 is 10.9 Å². The Kier molecular flexibility index (Phi) is 3.30. The average Bonchev–Trinajstić information content (AvgIpc) is 2.99. The Labute approximate surface area is 110 Å². The van der Waals surface area contributed by atoms with Crippen LogP contribution in [0.15, 0.2) is 15.5 Å². The number of nitrogens with one attached hydrogen (secondary N) is 1. The summed E-state index contributed by atoms with van der Waals surface area (Å²) in [5.41, 5.74) is 1.12. The smallest absolute Gasteiger partial charge is 0.283 e. The van der Waals surface area contributed by atoms with E-state index < -0.39 is 0 Å². The molecule has 0 aliphatic heterocycles. The Balaban J connectivity index is 2.18. The Morgan fingerprint density at radius 1 is 1.59 bits per heavy atom. The van der Waals surface area contributed by atoms with E-state index in [9.17, 15) is 4.79 Å². The second kappa shape index (κ2) is 4.44. The fourth-order valence-electron chi connectivity index (χ4n) is 1.63.